The van der Waals surface area contributed by atoms with Crippen LogP contribution in [0.1, 0.15) is 31.0 Å². The van der Waals surface area contributed by atoms with Crippen LogP contribution in [0.3, 0.4) is 0 Å². The molecule has 8 heteroatoms. The first kappa shape index (κ1) is 20.4. The zero-order valence-corrected chi connectivity index (χ0v) is 19.1. The Morgan fingerprint density at radius 2 is 1.83 bits per heavy atom. The molecule has 0 saturated heterocycles. The molecule has 4 aromatic rings. The highest BCUT2D eigenvalue weighted by Crippen LogP contribution is 2.30. The van der Waals surface area contributed by atoms with Gasteiger partial charge in [-0.25, -0.2) is 14.1 Å². The molecule has 29 heavy (non-hydrogen) atoms. The molecule has 3 nitrogen and oxygen atoms in total. The van der Waals surface area contributed by atoms with Crippen LogP contribution in [0.15, 0.2) is 58.3 Å². The Kier molecular flexibility index (Phi) is 6.24. The molecule has 2 heterocycles. The number of hydrogen-bond donors (Lipinski definition) is 0. The van der Waals surface area contributed by atoms with Gasteiger partial charge in [-0.15, -0.1) is 16.4 Å². The van der Waals surface area contributed by atoms with Crippen molar-refractivity contribution in [2.24, 2.45) is 0 Å². The second-order valence-corrected chi connectivity index (χ2v) is 10.4. The summed E-state index contributed by atoms with van der Waals surface area (Å²) in [7, 11) is 0. The first-order valence-electron chi connectivity index (χ1n) is 9.03. The molecule has 0 fully saturated rings. The molecule has 4 rings (SSSR count). The molecule has 0 unspecified atom stereocenters. The van der Waals surface area contributed by atoms with Crippen LogP contribution in [0.4, 0.5) is 4.39 Å². The Morgan fingerprint density at radius 1 is 1.10 bits per heavy atom. The van der Waals surface area contributed by atoms with Gasteiger partial charge in [0.2, 0.25) is 0 Å². The van der Waals surface area contributed by atoms with Gasteiger partial charge in [-0.1, -0.05) is 61.2 Å². The lowest BCUT2D eigenvalue weighted by Gasteiger charge is -2.05. The van der Waals surface area contributed by atoms with Crippen molar-refractivity contribution in [2.45, 2.75) is 29.9 Å². The highest BCUT2D eigenvalue weighted by Gasteiger charge is 2.10. The fourth-order valence-electron chi connectivity index (χ4n) is 2.72. The van der Waals surface area contributed by atoms with Crippen LogP contribution in [-0.2, 0) is 5.75 Å². The van der Waals surface area contributed by atoms with E-state index in [4.69, 9.17) is 17.2 Å². The zero-order valence-electron chi connectivity index (χ0n) is 15.8. The van der Waals surface area contributed by atoms with E-state index >= 15 is 0 Å². The summed E-state index contributed by atoms with van der Waals surface area (Å²) in [6.07, 6.45) is 0. The predicted molar refractivity (Wildman–Crippen MR) is 123 cm³/mol. The Morgan fingerprint density at radius 3 is 2.52 bits per heavy atom. The average molecular weight is 460 g/mol. The lowest BCUT2D eigenvalue weighted by atomic mass is 10.0. The van der Waals surface area contributed by atoms with Crippen molar-refractivity contribution < 1.29 is 4.39 Å². The number of benzene rings is 2. The van der Waals surface area contributed by atoms with E-state index in [2.05, 4.69) is 48.6 Å². The smallest absolute Gasteiger partial charge is 0.184 e. The maximum absolute atomic E-state index is 13.1. The van der Waals surface area contributed by atoms with Crippen molar-refractivity contribution in [1.29, 1.82) is 0 Å². The fraction of sp³-hybridized carbons (Fsp3) is 0.190. The van der Waals surface area contributed by atoms with Gasteiger partial charge in [0.15, 0.2) is 8.29 Å². The van der Waals surface area contributed by atoms with Gasteiger partial charge < -0.3 is 0 Å². The van der Waals surface area contributed by atoms with Crippen LogP contribution in [0, 0.1) is 9.77 Å². The van der Waals surface area contributed by atoms with Crippen LogP contribution >= 0.6 is 46.7 Å². The predicted octanol–water partition coefficient (Wildman–Crippen LogP) is 7.34. The van der Waals surface area contributed by atoms with Crippen molar-refractivity contribution in [3.05, 3.63) is 74.9 Å². The molecule has 0 amide bonds. The molecule has 0 aliphatic heterocycles. The van der Waals surface area contributed by atoms with E-state index in [1.807, 2.05) is 0 Å². The van der Waals surface area contributed by atoms with Crippen molar-refractivity contribution in [2.75, 3.05) is 0 Å². The second-order valence-electron chi connectivity index (χ2n) is 6.73. The summed E-state index contributed by atoms with van der Waals surface area (Å²) < 4.78 is 16.3. The van der Waals surface area contributed by atoms with E-state index in [0.717, 1.165) is 32.0 Å². The summed E-state index contributed by atoms with van der Waals surface area (Å²) in [6, 6.07) is 14.8. The second kappa shape index (κ2) is 8.87. The van der Waals surface area contributed by atoms with Gasteiger partial charge in [0.25, 0.3) is 0 Å². The quantitative estimate of drug-likeness (QED) is 0.223. The SMILES string of the molecule is CC(C)c1ccc(-c2nc(CSc3nn(-c4ccc(F)cc4)c(=S)s3)cs2)cc1. The minimum atomic E-state index is -0.275. The molecular weight excluding hydrogens is 442 g/mol. The fourth-order valence-corrected chi connectivity index (χ4v) is 5.90. The Hall–Kier alpha value is -1.87. The molecule has 0 aliphatic rings. The van der Waals surface area contributed by atoms with Crippen LogP contribution in [0.25, 0.3) is 16.3 Å². The highest BCUT2D eigenvalue weighted by atomic mass is 32.2. The number of thiazole rings is 1. The van der Waals surface area contributed by atoms with E-state index in [-0.39, 0.29) is 5.82 Å². The molecular formula is C21H18FN3S4. The molecule has 0 N–H and O–H groups in total. The van der Waals surface area contributed by atoms with Gasteiger partial charge in [0.1, 0.15) is 10.8 Å². The van der Waals surface area contributed by atoms with E-state index in [0.29, 0.717) is 9.87 Å². The number of halogens is 1. The lowest BCUT2D eigenvalue weighted by Crippen LogP contribution is -1.96. The summed E-state index contributed by atoms with van der Waals surface area (Å²) in [4.78, 5) is 4.77. The van der Waals surface area contributed by atoms with Crippen LogP contribution < -0.4 is 0 Å². The molecule has 0 aliphatic carbocycles. The third kappa shape index (κ3) is 4.83. The van der Waals surface area contributed by atoms with E-state index in [9.17, 15) is 4.39 Å². The standard InChI is InChI=1S/C21H18FN3S4/c1-13(2)14-3-5-15(6-4-14)19-23-17(11-27-19)12-28-20-24-25(21(26)29-20)18-9-7-16(22)8-10-18/h3-11,13H,12H2,1-2H3. The largest absolute Gasteiger partial charge is 0.240 e. The highest BCUT2D eigenvalue weighted by molar-refractivity contribution is 8.00. The number of nitrogens with zero attached hydrogens (tertiary/aromatic N) is 3. The van der Waals surface area contributed by atoms with Gasteiger partial charge >= 0.3 is 0 Å². The monoisotopic (exact) mass is 459 g/mol. The average Bonchev–Trinajstić information content (AvgIpc) is 3.34. The maximum Gasteiger partial charge on any atom is 0.184 e. The molecule has 0 atom stereocenters. The zero-order chi connectivity index (χ0) is 20.4. The van der Waals surface area contributed by atoms with Gasteiger partial charge in [-0.3, -0.25) is 0 Å². The first-order chi connectivity index (χ1) is 14.0. The Labute approximate surface area is 186 Å². The Balaban J connectivity index is 1.44. The number of aromatic nitrogens is 3. The molecule has 2 aromatic heterocycles. The van der Waals surface area contributed by atoms with Crippen LogP contribution in [0.5, 0.6) is 0 Å². The minimum absolute atomic E-state index is 0.275. The van der Waals surface area contributed by atoms with Gasteiger partial charge in [0, 0.05) is 16.7 Å². The lowest BCUT2D eigenvalue weighted by molar-refractivity contribution is 0.627. The van der Waals surface area contributed by atoms with Crippen LogP contribution in [-0.4, -0.2) is 14.8 Å². The van der Waals surface area contributed by atoms with Gasteiger partial charge in [-0.05, 0) is 48.0 Å². The van der Waals surface area contributed by atoms with E-state index in [1.54, 1.807) is 39.9 Å². The Bertz CT molecular complexity index is 1160. The van der Waals surface area contributed by atoms with Crippen molar-refractivity contribution in [1.82, 2.24) is 14.8 Å². The minimum Gasteiger partial charge on any atom is -0.240 e. The van der Waals surface area contributed by atoms with Crippen molar-refractivity contribution in [3.63, 3.8) is 0 Å². The summed E-state index contributed by atoms with van der Waals surface area (Å²) in [5.41, 5.74) is 4.27. The molecule has 0 bridgehead atoms. The molecule has 0 spiro atoms. The van der Waals surface area contributed by atoms with Crippen molar-refractivity contribution in [3.8, 4) is 16.3 Å². The summed E-state index contributed by atoms with van der Waals surface area (Å²) in [5.74, 6) is 0.979. The summed E-state index contributed by atoms with van der Waals surface area (Å²) in [6.45, 7) is 4.39. The van der Waals surface area contributed by atoms with Crippen LogP contribution in [0.2, 0.25) is 0 Å². The maximum atomic E-state index is 13.1. The number of rotatable bonds is 6. The molecule has 0 radical (unpaired) electrons. The van der Waals surface area contributed by atoms with E-state index < -0.39 is 0 Å². The van der Waals surface area contributed by atoms with E-state index in [1.165, 1.54) is 29.0 Å². The third-order valence-electron chi connectivity index (χ3n) is 4.32. The van der Waals surface area contributed by atoms with Crippen molar-refractivity contribution >= 4 is 46.7 Å². The third-order valence-corrected chi connectivity index (χ3v) is 7.66. The van der Waals surface area contributed by atoms with Gasteiger partial charge in [-0.2, -0.15) is 0 Å². The molecule has 148 valence electrons. The summed E-state index contributed by atoms with van der Waals surface area (Å²) >= 11 is 10.1. The first-order valence-corrected chi connectivity index (χ1v) is 12.1. The number of thioether (sulfide) groups is 1. The normalized spacial score (nSPS) is 11.3. The number of hydrogen-bond acceptors (Lipinski definition) is 6. The topological polar surface area (TPSA) is 30.7 Å². The summed E-state index contributed by atoms with van der Waals surface area (Å²) in [5, 5.41) is 7.68. The molecule has 0 saturated carbocycles. The van der Waals surface area contributed by atoms with Gasteiger partial charge in [0.05, 0.1) is 11.4 Å². The molecule has 2 aromatic carbocycles.